The molecule has 1 unspecified atom stereocenters. The highest BCUT2D eigenvalue weighted by molar-refractivity contribution is 7.90. The Kier molecular flexibility index (Phi) is 5.29. The van der Waals surface area contributed by atoms with Gasteiger partial charge in [0.15, 0.2) is 9.84 Å². The lowest BCUT2D eigenvalue weighted by atomic mass is 9.69. The highest BCUT2D eigenvalue weighted by Gasteiger charge is 2.57. The van der Waals surface area contributed by atoms with Crippen molar-refractivity contribution < 1.29 is 8.42 Å². The second kappa shape index (κ2) is 7.56. The van der Waals surface area contributed by atoms with E-state index in [0.29, 0.717) is 4.90 Å². The quantitative estimate of drug-likeness (QED) is 0.615. The van der Waals surface area contributed by atoms with Gasteiger partial charge in [0.05, 0.1) is 10.4 Å². The van der Waals surface area contributed by atoms with Gasteiger partial charge in [-0.2, -0.15) is 0 Å². The van der Waals surface area contributed by atoms with Crippen molar-refractivity contribution in [2.24, 2.45) is 0 Å². The van der Waals surface area contributed by atoms with Gasteiger partial charge in [-0.05, 0) is 54.3 Å². The number of hydrogen-bond donors (Lipinski definition) is 0. The topological polar surface area (TPSA) is 40.6 Å². The molecule has 0 radical (unpaired) electrons. The molecule has 1 saturated heterocycles. The average molecular weight is 437 g/mol. The molecule has 0 aliphatic carbocycles. The van der Waals surface area contributed by atoms with Crippen LogP contribution in [0.1, 0.15) is 37.8 Å². The van der Waals surface area contributed by atoms with Crippen LogP contribution in [-0.4, -0.2) is 40.9 Å². The summed E-state index contributed by atoms with van der Waals surface area (Å²) >= 11 is 0. The van der Waals surface area contributed by atoms with Gasteiger partial charge in [-0.25, -0.2) is 8.42 Å². The van der Waals surface area contributed by atoms with E-state index in [0.717, 1.165) is 24.9 Å². The third kappa shape index (κ3) is 3.59. The molecule has 2 aliphatic heterocycles. The molecule has 2 aliphatic rings. The number of sulfone groups is 1. The zero-order chi connectivity index (χ0) is 22.4. The van der Waals surface area contributed by atoms with Crippen molar-refractivity contribution in [2.45, 2.75) is 42.5 Å². The Morgan fingerprint density at radius 1 is 1.03 bits per heavy atom. The molecule has 0 saturated carbocycles. The van der Waals surface area contributed by atoms with E-state index >= 15 is 0 Å². The maximum absolute atomic E-state index is 12.1. The maximum atomic E-state index is 12.1. The molecule has 2 aromatic carbocycles. The Labute approximate surface area is 186 Å². The van der Waals surface area contributed by atoms with Crippen LogP contribution in [0.5, 0.6) is 0 Å². The summed E-state index contributed by atoms with van der Waals surface area (Å²) in [5.74, 6) is 0. The number of hydrogen-bond acceptors (Lipinski definition) is 4. The molecule has 0 aromatic heterocycles. The standard InChI is InChI=1S/C26H32N2O2S/c1-25(2)23-19-22(31(5,29)30)14-15-24(23)28-18-8-17-26(25,28)16-7-6-9-20-10-12-21(13-11-20)27(3)4/h6-7,9-16,19H,8,17-18H2,1-5H3/b9-6+,16-7-. The van der Waals surface area contributed by atoms with Gasteiger partial charge < -0.3 is 9.80 Å². The van der Waals surface area contributed by atoms with Crippen LogP contribution in [0.3, 0.4) is 0 Å². The minimum atomic E-state index is -3.23. The summed E-state index contributed by atoms with van der Waals surface area (Å²) in [5.41, 5.74) is 4.34. The lowest BCUT2D eigenvalue weighted by Gasteiger charge is -2.41. The van der Waals surface area contributed by atoms with E-state index in [4.69, 9.17) is 0 Å². The minimum Gasteiger partial charge on any atom is -0.378 e. The number of nitrogens with zero attached hydrogens (tertiary/aromatic N) is 2. The normalized spacial score (nSPS) is 22.3. The molecule has 4 nitrogen and oxygen atoms in total. The van der Waals surface area contributed by atoms with Gasteiger partial charge in [0.25, 0.3) is 0 Å². The van der Waals surface area contributed by atoms with Crippen molar-refractivity contribution in [3.63, 3.8) is 0 Å². The summed E-state index contributed by atoms with van der Waals surface area (Å²) in [5, 5.41) is 0. The predicted octanol–water partition coefficient (Wildman–Crippen LogP) is 5.06. The van der Waals surface area contributed by atoms with Crippen LogP contribution in [0.15, 0.2) is 65.6 Å². The smallest absolute Gasteiger partial charge is 0.175 e. The average Bonchev–Trinajstić information content (AvgIpc) is 3.22. The Balaban J connectivity index is 1.64. The minimum absolute atomic E-state index is 0.134. The van der Waals surface area contributed by atoms with E-state index in [1.165, 1.54) is 23.2 Å². The van der Waals surface area contributed by atoms with E-state index in [-0.39, 0.29) is 11.0 Å². The largest absolute Gasteiger partial charge is 0.378 e. The summed E-state index contributed by atoms with van der Waals surface area (Å²) < 4.78 is 24.3. The van der Waals surface area contributed by atoms with E-state index in [9.17, 15) is 8.42 Å². The molecule has 0 spiro atoms. The van der Waals surface area contributed by atoms with Gasteiger partial charge in [0, 0.05) is 43.7 Å². The molecule has 0 N–H and O–H groups in total. The lowest BCUT2D eigenvalue weighted by molar-refractivity contribution is 0.345. The van der Waals surface area contributed by atoms with Gasteiger partial charge in [0.1, 0.15) is 0 Å². The van der Waals surface area contributed by atoms with Crippen LogP contribution in [0, 0.1) is 0 Å². The van der Waals surface area contributed by atoms with Gasteiger partial charge in [-0.1, -0.05) is 50.3 Å². The molecule has 2 heterocycles. The lowest BCUT2D eigenvalue weighted by Crippen LogP contribution is -2.50. The first-order valence-electron chi connectivity index (χ1n) is 10.8. The molecular weight excluding hydrogens is 404 g/mol. The summed E-state index contributed by atoms with van der Waals surface area (Å²) in [6.45, 7) is 5.49. The second-order valence-corrected chi connectivity index (χ2v) is 11.5. The summed E-state index contributed by atoms with van der Waals surface area (Å²) in [6.07, 6.45) is 12.2. The van der Waals surface area contributed by atoms with E-state index < -0.39 is 9.84 Å². The van der Waals surface area contributed by atoms with E-state index in [2.05, 4.69) is 72.2 Å². The van der Waals surface area contributed by atoms with Crippen molar-refractivity contribution in [3.8, 4) is 0 Å². The summed E-state index contributed by atoms with van der Waals surface area (Å²) in [6, 6.07) is 14.1. The van der Waals surface area contributed by atoms with Crippen molar-refractivity contribution in [1.29, 1.82) is 0 Å². The fraction of sp³-hybridized carbons (Fsp3) is 0.385. The Morgan fingerprint density at radius 2 is 1.74 bits per heavy atom. The molecule has 5 heteroatoms. The number of fused-ring (bicyclic) bond motifs is 3. The third-order valence-electron chi connectivity index (χ3n) is 7.05. The molecule has 4 rings (SSSR count). The number of rotatable bonds is 5. The Bertz CT molecular complexity index is 1140. The first kappa shape index (κ1) is 21.7. The maximum Gasteiger partial charge on any atom is 0.175 e. The molecule has 1 fully saturated rings. The van der Waals surface area contributed by atoms with E-state index in [1.54, 1.807) is 6.07 Å². The first-order chi connectivity index (χ1) is 14.6. The van der Waals surface area contributed by atoms with Crippen molar-refractivity contribution in [2.75, 3.05) is 36.7 Å². The Hall–Kier alpha value is -2.53. The van der Waals surface area contributed by atoms with Crippen LogP contribution in [-0.2, 0) is 15.3 Å². The van der Waals surface area contributed by atoms with E-state index in [1.807, 2.05) is 26.2 Å². The number of benzene rings is 2. The van der Waals surface area contributed by atoms with Gasteiger partial charge in [-0.3, -0.25) is 0 Å². The molecule has 1 atom stereocenters. The summed E-state index contributed by atoms with van der Waals surface area (Å²) in [7, 11) is 0.855. The van der Waals surface area contributed by atoms with Crippen LogP contribution in [0.25, 0.3) is 6.08 Å². The Morgan fingerprint density at radius 3 is 2.39 bits per heavy atom. The first-order valence-corrected chi connectivity index (χ1v) is 12.7. The SMILES string of the molecule is CN(C)c1ccc(/C=C/C=C\C23CCCN2c2ccc(S(C)(=O)=O)cc2C3(C)C)cc1. The fourth-order valence-electron chi connectivity index (χ4n) is 5.19. The number of anilines is 2. The van der Waals surface area contributed by atoms with Crippen LogP contribution >= 0.6 is 0 Å². The predicted molar refractivity (Wildman–Crippen MR) is 131 cm³/mol. The molecule has 31 heavy (non-hydrogen) atoms. The zero-order valence-corrected chi connectivity index (χ0v) is 19.9. The molecular formula is C26H32N2O2S. The second-order valence-electron chi connectivity index (χ2n) is 9.46. The molecule has 2 aromatic rings. The molecule has 164 valence electrons. The number of allylic oxidation sites excluding steroid dienone is 2. The van der Waals surface area contributed by atoms with Gasteiger partial charge >= 0.3 is 0 Å². The zero-order valence-electron chi connectivity index (χ0n) is 19.1. The third-order valence-corrected chi connectivity index (χ3v) is 8.16. The molecule has 0 bridgehead atoms. The van der Waals surface area contributed by atoms with Crippen molar-refractivity contribution >= 4 is 27.3 Å². The van der Waals surface area contributed by atoms with Crippen LogP contribution < -0.4 is 9.80 Å². The fourth-order valence-corrected chi connectivity index (χ4v) is 5.84. The van der Waals surface area contributed by atoms with Crippen LogP contribution in [0.4, 0.5) is 11.4 Å². The van der Waals surface area contributed by atoms with Gasteiger partial charge in [-0.15, -0.1) is 0 Å². The van der Waals surface area contributed by atoms with Gasteiger partial charge in [0.2, 0.25) is 0 Å². The van der Waals surface area contributed by atoms with Crippen molar-refractivity contribution in [1.82, 2.24) is 0 Å². The summed E-state index contributed by atoms with van der Waals surface area (Å²) in [4.78, 5) is 4.97. The monoisotopic (exact) mass is 436 g/mol. The van der Waals surface area contributed by atoms with Crippen LogP contribution in [0.2, 0.25) is 0 Å². The molecule has 0 amide bonds. The highest BCUT2D eigenvalue weighted by atomic mass is 32.2. The van der Waals surface area contributed by atoms with Crippen molar-refractivity contribution in [3.05, 3.63) is 71.8 Å². The highest BCUT2D eigenvalue weighted by Crippen LogP contribution is 2.57.